The van der Waals surface area contributed by atoms with Gasteiger partial charge in [0.05, 0.1) is 5.69 Å². The molecule has 0 N–H and O–H groups in total. The van der Waals surface area contributed by atoms with E-state index < -0.39 is 15.6 Å². The molecule has 1 aromatic rings. The Labute approximate surface area is 102 Å². The first kappa shape index (κ1) is 12.2. The molecule has 17 heavy (non-hydrogen) atoms. The lowest BCUT2D eigenvalue weighted by Crippen LogP contribution is -2.46. The van der Waals surface area contributed by atoms with Gasteiger partial charge in [0.25, 0.3) is 0 Å². The van der Waals surface area contributed by atoms with Gasteiger partial charge >= 0.3 is 0 Å². The highest BCUT2D eigenvalue weighted by Gasteiger charge is 2.36. The summed E-state index contributed by atoms with van der Waals surface area (Å²) in [6, 6.07) is 7.25. The Morgan fingerprint density at radius 1 is 1.24 bits per heavy atom. The smallest absolute Gasteiger partial charge is 0.239 e. The van der Waals surface area contributed by atoms with Crippen molar-refractivity contribution < 1.29 is 13.2 Å². The average Bonchev–Trinajstić information content (AvgIpc) is 2.30. The van der Waals surface area contributed by atoms with E-state index in [1.54, 1.807) is 12.1 Å². The van der Waals surface area contributed by atoms with Crippen LogP contribution in [0, 0.1) is 0 Å². The molecule has 1 heterocycles. The molecule has 2 rings (SSSR count). The Morgan fingerprint density at radius 2 is 1.88 bits per heavy atom. The summed E-state index contributed by atoms with van der Waals surface area (Å²) in [5, 5.41) is 0. The van der Waals surface area contributed by atoms with Crippen LogP contribution in [0.25, 0.3) is 0 Å². The molecule has 0 saturated heterocycles. The van der Waals surface area contributed by atoms with Gasteiger partial charge in [-0.15, -0.1) is 0 Å². The highest BCUT2D eigenvalue weighted by atomic mass is 32.2. The molecule has 0 unspecified atom stereocenters. The lowest BCUT2D eigenvalue weighted by molar-refractivity contribution is 0.345. The summed E-state index contributed by atoms with van der Waals surface area (Å²) in [4.78, 5) is 0. The second kappa shape index (κ2) is 3.91. The molecule has 0 aromatic heterocycles. The first-order valence-electron chi connectivity index (χ1n) is 5.57. The number of hydrogen-bond donors (Lipinski definition) is 0. The Kier molecular flexibility index (Phi) is 2.81. The molecule has 0 saturated carbocycles. The maximum atomic E-state index is 12.3. The van der Waals surface area contributed by atoms with Gasteiger partial charge < -0.3 is 4.74 Å². The number of anilines is 1. The summed E-state index contributed by atoms with van der Waals surface area (Å²) >= 11 is 0. The summed E-state index contributed by atoms with van der Waals surface area (Å²) in [7, 11) is -3.32. The zero-order valence-corrected chi connectivity index (χ0v) is 11.1. The van der Waals surface area contributed by atoms with E-state index in [9.17, 15) is 8.42 Å². The molecule has 0 aliphatic carbocycles. The molecule has 94 valence electrons. The minimum absolute atomic E-state index is 0.0128. The lowest BCUT2D eigenvalue weighted by atomic mass is 10.1. The molecule has 0 spiro atoms. The van der Waals surface area contributed by atoms with Crippen LogP contribution in [0.1, 0.15) is 20.8 Å². The minimum atomic E-state index is -3.32. The summed E-state index contributed by atoms with van der Waals surface area (Å²) in [6.45, 7) is 5.85. The third-order valence-corrected chi connectivity index (χ3v) is 4.55. The third kappa shape index (κ3) is 2.24. The fraction of sp³-hybridized carbons (Fsp3) is 0.500. The summed E-state index contributed by atoms with van der Waals surface area (Å²) in [5.74, 6) is 0.641. The Balaban J connectivity index is 2.65. The molecular formula is C12H17NO3S. The van der Waals surface area contributed by atoms with Crippen molar-refractivity contribution in [1.82, 2.24) is 0 Å². The van der Waals surface area contributed by atoms with Gasteiger partial charge in [0, 0.05) is 5.54 Å². The molecule has 1 aliphatic heterocycles. The normalized spacial score (nSPS) is 19.1. The van der Waals surface area contributed by atoms with Crippen LogP contribution in [0.3, 0.4) is 0 Å². The van der Waals surface area contributed by atoms with Crippen LogP contribution >= 0.6 is 0 Å². The number of para-hydroxylation sites is 2. The van der Waals surface area contributed by atoms with Crippen LogP contribution in [0.2, 0.25) is 0 Å². The van der Waals surface area contributed by atoms with Crippen LogP contribution in [-0.2, 0) is 10.0 Å². The maximum Gasteiger partial charge on any atom is 0.239 e. The number of sulfonamides is 1. The molecule has 5 heteroatoms. The largest absolute Gasteiger partial charge is 0.490 e. The molecule has 0 bridgehead atoms. The third-order valence-electron chi connectivity index (χ3n) is 2.57. The second-order valence-corrected chi connectivity index (χ2v) is 7.00. The fourth-order valence-electron chi connectivity index (χ4n) is 2.02. The zero-order chi connectivity index (χ0) is 12.7. The number of rotatable bonds is 0. The number of hydrogen-bond acceptors (Lipinski definition) is 3. The van der Waals surface area contributed by atoms with E-state index in [1.807, 2.05) is 32.9 Å². The number of nitrogens with zero attached hydrogens (tertiary/aromatic N) is 1. The molecule has 0 atom stereocenters. The lowest BCUT2D eigenvalue weighted by Gasteiger charge is -2.35. The monoisotopic (exact) mass is 255 g/mol. The van der Waals surface area contributed by atoms with Crippen molar-refractivity contribution in [3.05, 3.63) is 24.3 Å². The van der Waals surface area contributed by atoms with Gasteiger partial charge in [-0.1, -0.05) is 12.1 Å². The minimum Gasteiger partial charge on any atom is -0.490 e. The van der Waals surface area contributed by atoms with Crippen LogP contribution < -0.4 is 9.04 Å². The van der Waals surface area contributed by atoms with E-state index in [1.165, 1.54) is 4.31 Å². The van der Waals surface area contributed by atoms with Gasteiger partial charge in [-0.3, -0.25) is 4.31 Å². The molecule has 0 fully saturated rings. The SMILES string of the molecule is CC(C)(C)N1c2ccccc2OCCS1(=O)=O. The first-order chi connectivity index (χ1) is 7.82. The summed E-state index contributed by atoms with van der Waals surface area (Å²) in [6.07, 6.45) is 0. The van der Waals surface area contributed by atoms with E-state index in [4.69, 9.17) is 4.74 Å². The van der Waals surface area contributed by atoms with Crippen LogP contribution in [0.5, 0.6) is 5.75 Å². The van der Waals surface area contributed by atoms with Crippen LogP contribution in [-0.4, -0.2) is 26.3 Å². The fourth-order valence-corrected chi connectivity index (χ4v) is 3.79. The molecule has 1 aromatic carbocycles. The van der Waals surface area contributed by atoms with Crippen LogP contribution in [0.15, 0.2) is 24.3 Å². The summed E-state index contributed by atoms with van der Waals surface area (Å²) < 4.78 is 31.5. The molecular weight excluding hydrogens is 238 g/mol. The van der Waals surface area contributed by atoms with E-state index in [-0.39, 0.29) is 12.4 Å². The van der Waals surface area contributed by atoms with Gasteiger partial charge in [-0.05, 0) is 32.9 Å². The van der Waals surface area contributed by atoms with Crippen LogP contribution in [0.4, 0.5) is 5.69 Å². The molecule has 0 amide bonds. The maximum absolute atomic E-state index is 12.3. The van der Waals surface area contributed by atoms with E-state index in [2.05, 4.69) is 0 Å². The zero-order valence-electron chi connectivity index (χ0n) is 10.3. The highest BCUT2D eigenvalue weighted by Crippen LogP contribution is 2.37. The topological polar surface area (TPSA) is 46.6 Å². The van der Waals surface area contributed by atoms with Gasteiger partial charge in [-0.2, -0.15) is 0 Å². The van der Waals surface area contributed by atoms with Gasteiger partial charge in [0.2, 0.25) is 10.0 Å². The van der Waals surface area contributed by atoms with Gasteiger partial charge in [0.1, 0.15) is 18.1 Å². The van der Waals surface area contributed by atoms with E-state index >= 15 is 0 Å². The van der Waals surface area contributed by atoms with Crippen molar-refractivity contribution >= 4 is 15.7 Å². The Hall–Kier alpha value is -1.23. The first-order valence-corrected chi connectivity index (χ1v) is 7.18. The van der Waals surface area contributed by atoms with Crippen molar-refractivity contribution in [3.63, 3.8) is 0 Å². The van der Waals surface area contributed by atoms with E-state index in [0.29, 0.717) is 11.4 Å². The predicted molar refractivity (Wildman–Crippen MR) is 68.0 cm³/mol. The molecule has 1 aliphatic rings. The number of fused-ring (bicyclic) bond motifs is 1. The van der Waals surface area contributed by atoms with Gasteiger partial charge in [0.15, 0.2) is 0 Å². The van der Waals surface area contributed by atoms with E-state index in [0.717, 1.165) is 0 Å². The standard InChI is InChI=1S/C12H17NO3S/c1-12(2,3)13-10-6-4-5-7-11(10)16-8-9-17(13,14)15/h4-7H,8-9H2,1-3H3. The van der Waals surface area contributed by atoms with Gasteiger partial charge in [-0.25, -0.2) is 8.42 Å². The molecule has 0 radical (unpaired) electrons. The van der Waals surface area contributed by atoms with Crippen molar-refractivity contribution in [2.45, 2.75) is 26.3 Å². The number of benzene rings is 1. The van der Waals surface area contributed by atoms with Crippen molar-refractivity contribution in [3.8, 4) is 5.75 Å². The predicted octanol–water partition coefficient (Wildman–Crippen LogP) is 2.01. The Bertz CT molecular complexity index is 517. The molecule has 4 nitrogen and oxygen atoms in total. The average molecular weight is 255 g/mol. The van der Waals surface area contributed by atoms with Crippen molar-refractivity contribution in [1.29, 1.82) is 0 Å². The Morgan fingerprint density at radius 3 is 2.53 bits per heavy atom. The van der Waals surface area contributed by atoms with Crippen molar-refractivity contribution in [2.24, 2.45) is 0 Å². The van der Waals surface area contributed by atoms with Crippen molar-refractivity contribution in [2.75, 3.05) is 16.7 Å². The number of ether oxygens (including phenoxy) is 1. The summed E-state index contributed by atoms with van der Waals surface area (Å²) in [5.41, 5.74) is 0.125. The second-order valence-electron chi connectivity index (χ2n) is 5.07. The quantitative estimate of drug-likeness (QED) is 0.712. The highest BCUT2D eigenvalue weighted by molar-refractivity contribution is 7.92.